The van der Waals surface area contributed by atoms with E-state index in [4.69, 9.17) is 9.26 Å². The van der Waals surface area contributed by atoms with Crippen molar-refractivity contribution >= 4 is 22.6 Å². The molecule has 0 saturated carbocycles. The van der Waals surface area contributed by atoms with Gasteiger partial charge in [-0.15, -0.1) is 0 Å². The lowest BCUT2D eigenvalue weighted by Crippen LogP contribution is -2.15. The molecule has 0 aliphatic rings. The summed E-state index contributed by atoms with van der Waals surface area (Å²) in [4.78, 5) is 12.3. The monoisotopic (exact) mass is 338 g/mol. The predicted molar refractivity (Wildman–Crippen MR) is 98.0 cm³/mol. The molecule has 0 saturated heterocycles. The van der Waals surface area contributed by atoms with E-state index in [-0.39, 0.29) is 18.4 Å². The third-order valence-corrected chi connectivity index (χ3v) is 3.82. The summed E-state index contributed by atoms with van der Waals surface area (Å²) < 4.78 is 11.0. The van der Waals surface area contributed by atoms with Crippen LogP contribution in [0.2, 0.25) is 0 Å². The Morgan fingerprint density at radius 2 is 1.92 bits per heavy atom. The maximum atomic E-state index is 12.3. The molecule has 5 nitrogen and oxygen atoms in total. The summed E-state index contributed by atoms with van der Waals surface area (Å²) in [6.07, 6.45) is 0.286. The first kappa shape index (κ1) is 17.0. The van der Waals surface area contributed by atoms with E-state index in [2.05, 4.69) is 16.5 Å². The van der Waals surface area contributed by atoms with Gasteiger partial charge in [-0.05, 0) is 69.2 Å². The van der Waals surface area contributed by atoms with Crippen LogP contribution in [0.1, 0.15) is 30.7 Å². The number of nitrogens with zero attached hydrogens (tertiary/aromatic N) is 1. The number of anilines is 1. The van der Waals surface area contributed by atoms with Crippen molar-refractivity contribution in [2.75, 3.05) is 5.32 Å². The number of amides is 1. The zero-order valence-electron chi connectivity index (χ0n) is 14.9. The first-order valence-electron chi connectivity index (χ1n) is 8.34. The van der Waals surface area contributed by atoms with Gasteiger partial charge in [0.05, 0.1) is 12.5 Å². The summed E-state index contributed by atoms with van der Waals surface area (Å²) in [5, 5.41) is 7.87. The Hall–Kier alpha value is -2.82. The number of hydrogen-bond acceptors (Lipinski definition) is 4. The molecule has 5 heteroatoms. The molecule has 3 rings (SSSR count). The molecule has 0 radical (unpaired) electrons. The molecule has 1 amide bonds. The number of ether oxygens (including phenoxy) is 1. The number of hydrogen-bond donors (Lipinski definition) is 1. The van der Waals surface area contributed by atoms with Crippen molar-refractivity contribution in [1.29, 1.82) is 0 Å². The summed E-state index contributed by atoms with van der Waals surface area (Å²) in [6, 6.07) is 11.3. The maximum absolute atomic E-state index is 12.3. The first-order chi connectivity index (χ1) is 11.9. The highest BCUT2D eigenvalue weighted by Gasteiger charge is 2.15. The van der Waals surface area contributed by atoms with E-state index in [9.17, 15) is 4.79 Å². The lowest BCUT2D eigenvalue weighted by atomic mass is 10.0. The summed E-state index contributed by atoms with van der Waals surface area (Å²) in [5.41, 5.74) is 4.27. The van der Waals surface area contributed by atoms with Gasteiger partial charge < -0.3 is 14.6 Å². The van der Waals surface area contributed by atoms with Gasteiger partial charge in [0.2, 0.25) is 5.91 Å². The van der Waals surface area contributed by atoms with E-state index >= 15 is 0 Å². The number of benzene rings is 2. The largest absolute Gasteiger partial charge is 0.491 e. The number of aromatic nitrogens is 1. The number of aryl methyl sites for hydroxylation is 2. The van der Waals surface area contributed by atoms with E-state index in [0.29, 0.717) is 5.69 Å². The summed E-state index contributed by atoms with van der Waals surface area (Å²) >= 11 is 0. The molecule has 0 aliphatic heterocycles. The fourth-order valence-electron chi connectivity index (χ4n) is 2.89. The fraction of sp³-hybridized carbons (Fsp3) is 0.300. The van der Waals surface area contributed by atoms with Gasteiger partial charge in [-0.25, -0.2) is 0 Å². The van der Waals surface area contributed by atoms with E-state index in [1.54, 1.807) is 0 Å². The second-order valence-corrected chi connectivity index (χ2v) is 6.50. The number of nitrogens with one attached hydrogen (secondary N) is 1. The van der Waals surface area contributed by atoms with E-state index in [0.717, 1.165) is 33.5 Å². The average Bonchev–Trinajstić information content (AvgIpc) is 2.91. The smallest absolute Gasteiger partial charge is 0.230 e. The molecular formula is C20H22N2O3. The van der Waals surface area contributed by atoms with Crippen molar-refractivity contribution < 1.29 is 14.1 Å². The Labute approximate surface area is 147 Å². The van der Waals surface area contributed by atoms with Crippen LogP contribution in [-0.4, -0.2) is 17.2 Å². The third-order valence-electron chi connectivity index (χ3n) is 3.82. The standard InChI is InChI=1S/C20H22N2O3/c1-12(2)24-16-7-5-15(6-8-16)21-19(23)11-17-20-14(4)9-13(3)10-18(20)25-22-17/h5-10,12H,11H2,1-4H3,(H,21,23). The van der Waals surface area contributed by atoms with E-state index in [1.807, 2.05) is 58.0 Å². The number of fused-ring (bicyclic) bond motifs is 1. The molecule has 0 spiro atoms. The molecule has 1 aromatic heterocycles. The Balaban J connectivity index is 1.71. The van der Waals surface area contributed by atoms with Gasteiger partial charge in [-0.2, -0.15) is 0 Å². The Morgan fingerprint density at radius 3 is 2.60 bits per heavy atom. The predicted octanol–water partition coefficient (Wildman–Crippen LogP) is 4.41. The van der Waals surface area contributed by atoms with Crippen LogP contribution in [0.4, 0.5) is 5.69 Å². The first-order valence-corrected chi connectivity index (χ1v) is 8.34. The Morgan fingerprint density at radius 1 is 1.20 bits per heavy atom. The van der Waals surface area contributed by atoms with Crippen LogP contribution < -0.4 is 10.1 Å². The summed E-state index contributed by atoms with van der Waals surface area (Å²) in [5.74, 6) is 0.647. The minimum Gasteiger partial charge on any atom is -0.491 e. The molecule has 1 heterocycles. The summed E-state index contributed by atoms with van der Waals surface area (Å²) in [7, 11) is 0. The number of rotatable bonds is 5. The van der Waals surface area contributed by atoms with Gasteiger partial charge in [-0.3, -0.25) is 4.79 Å². The van der Waals surface area contributed by atoms with Crippen molar-refractivity contribution in [3.05, 3.63) is 53.2 Å². The van der Waals surface area contributed by atoms with Crippen molar-refractivity contribution in [2.45, 2.75) is 40.2 Å². The van der Waals surface area contributed by atoms with Crippen LogP contribution in [0.5, 0.6) is 5.75 Å². The van der Waals surface area contributed by atoms with Crippen molar-refractivity contribution in [3.8, 4) is 5.75 Å². The Bertz CT molecular complexity index is 895. The van der Waals surface area contributed by atoms with Crippen LogP contribution >= 0.6 is 0 Å². The van der Waals surface area contributed by atoms with Crippen molar-refractivity contribution in [3.63, 3.8) is 0 Å². The van der Waals surface area contributed by atoms with Crippen LogP contribution in [0.25, 0.3) is 11.0 Å². The summed E-state index contributed by atoms with van der Waals surface area (Å²) in [6.45, 7) is 7.96. The molecule has 3 aromatic rings. The molecule has 0 aliphatic carbocycles. The maximum Gasteiger partial charge on any atom is 0.230 e. The number of carbonyl (C=O) groups excluding carboxylic acids is 1. The van der Waals surface area contributed by atoms with Crippen LogP contribution in [0.15, 0.2) is 40.9 Å². The third kappa shape index (κ3) is 3.99. The van der Waals surface area contributed by atoms with Crippen molar-refractivity contribution in [2.24, 2.45) is 0 Å². The second kappa shape index (κ2) is 6.97. The minimum absolute atomic E-state index is 0.118. The van der Waals surface area contributed by atoms with Gasteiger partial charge >= 0.3 is 0 Å². The second-order valence-electron chi connectivity index (χ2n) is 6.50. The molecule has 0 bridgehead atoms. The zero-order chi connectivity index (χ0) is 18.0. The van der Waals surface area contributed by atoms with Gasteiger partial charge in [0.15, 0.2) is 5.58 Å². The molecule has 2 aromatic carbocycles. The highest BCUT2D eigenvalue weighted by Crippen LogP contribution is 2.25. The normalized spacial score (nSPS) is 11.1. The average molecular weight is 338 g/mol. The van der Waals surface area contributed by atoms with Crippen LogP contribution in [-0.2, 0) is 11.2 Å². The lowest BCUT2D eigenvalue weighted by Gasteiger charge is -2.10. The van der Waals surface area contributed by atoms with Gasteiger partial charge in [-0.1, -0.05) is 11.2 Å². The van der Waals surface area contributed by atoms with Crippen LogP contribution in [0, 0.1) is 13.8 Å². The molecule has 25 heavy (non-hydrogen) atoms. The van der Waals surface area contributed by atoms with E-state index in [1.165, 1.54) is 0 Å². The topological polar surface area (TPSA) is 64.4 Å². The highest BCUT2D eigenvalue weighted by molar-refractivity contribution is 5.95. The quantitative estimate of drug-likeness (QED) is 0.748. The molecule has 0 unspecified atom stereocenters. The number of carbonyl (C=O) groups is 1. The van der Waals surface area contributed by atoms with Gasteiger partial charge in [0, 0.05) is 11.1 Å². The van der Waals surface area contributed by atoms with Crippen LogP contribution in [0.3, 0.4) is 0 Å². The Kier molecular flexibility index (Phi) is 4.74. The zero-order valence-corrected chi connectivity index (χ0v) is 14.9. The fourth-order valence-corrected chi connectivity index (χ4v) is 2.89. The molecular weight excluding hydrogens is 316 g/mol. The van der Waals surface area contributed by atoms with E-state index < -0.39 is 0 Å². The molecule has 0 fully saturated rings. The SMILES string of the molecule is Cc1cc(C)c2c(CC(=O)Nc3ccc(OC(C)C)cc3)noc2c1. The van der Waals surface area contributed by atoms with Gasteiger partial charge in [0.25, 0.3) is 0 Å². The van der Waals surface area contributed by atoms with Crippen molar-refractivity contribution in [1.82, 2.24) is 5.16 Å². The highest BCUT2D eigenvalue weighted by atomic mass is 16.5. The minimum atomic E-state index is -0.132. The molecule has 0 atom stereocenters. The lowest BCUT2D eigenvalue weighted by molar-refractivity contribution is -0.115. The van der Waals surface area contributed by atoms with Gasteiger partial charge in [0.1, 0.15) is 11.4 Å². The molecule has 1 N–H and O–H groups in total. The molecule has 130 valence electrons.